The van der Waals surface area contributed by atoms with Crippen LogP contribution in [0.2, 0.25) is 0 Å². The molecule has 0 aromatic carbocycles. The first-order chi connectivity index (χ1) is 7.11. The van der Waals surface area contributed by atoms with Crippen LogP contribution in [0.1, 0.15) is 6.42 Å². The molecule has 0 fully saturated rings. The average Bonchev–Trinajstić information content (AvgIpc) is 2.20. The first-order valence-corrected chi connectivity index (χ1v) is 5.94. The van der Waals surface area contributed by atoms with Crippen molar-refractivity contribution in [2.75, 3.05) is 18.6 Å². The molecular formula is C9H17N3O2S. The summed E-state index contributed by atoms with van der Waals surface area (Å²) < 4.78 is 0. The van der Waals surface area contributed by atoms with Gasteiger partial charge in [0.05, 0.1) is 0 Å². The van der Waals surface area contributed by atoms with Gasteiger partial charge < -0.3 is 16.4 Å². The van der Waals surface area contributed by atoms with Crippen molar-refractivity contribution in [2.24, 2.45) is 5.73 Å². The van der Waals surface area contributed by atoms with Crippen LogP contribution in [0.3, 0.4) is 0 Å². The third-order valence-corrected chi connectivity index (χ3v) is 2.31. The molecule has 86 valence electrons. The fourth-order valence-electron chi connectivity index (χ4n) is 0.972. The minimum absolute atomic E-state index is 0.234. The van der Waals surface area contributed by atoms with Gasteiger partial charge >= 0.3 is 6.03 Å². The number of amides is 3. The Morgan fingerprint density at radius 2 is 2.27 bits per heavy atom. The van der Waals surface area contributed by atoms with Crippen LogP contribution in [0.4, 0.5) is 4.79 Å². The first-order valence-electron chi connectivity index (χ1n) is 4.55. The molecule has 3 amide bonds. The number of carbonyl (C=O) groups is 2. The fourth-order valence-corrected chi connectivity index (χ4v) is 1.44. The minimum Gasteiger partial charge on any atom is -0.352 e. The number of hydrogen-bond donors (Lipinski definition) is 3. The van der Waals surface area contributed by atoms with Gasteiger partial charge in [-0.15, -0.1) is 6.58 Å². The van der Waals surface area contributed by atoms with Crippen molar-refractivity contribution in [3.8, 4) is 0 Å². The lowest BCUT2D eigenvalue weighted by atomic mass is 10.2. The summed E-state index contributed by atoms with van der Waals surface area (Å²) in [7, 11) is 0. The highest BCUT2D eigenvalue weighted by atomic mass is 32.2. The van der Waals surface area contributed by atoms with E-state index in [1.165, 1.54) is 0 Å². The van der Waals surface area contributed by atoms with Crippen molar-refractivity contribution in [1.29, 1.82) is 0 Å². The molecule has 0 radical (unpaired) electrons. The summed E-state index contributed by atoms with van der Waals surface area (Å²) in [5.74, 6) is 0.551. The molecule has 0 aromatic rings. The molecule has 0 aliphatic rings. The average molecular weight is 231 g/mol. The van der Waals surface area contributed by atoms with Crippen molar-refractivity contribution >= 4 is 23.7 Å². The molecule has 0 heterocycles. The molecular weight excluding hydrogens is 214 g/mol. The first kappa shape index (κ1) is 13.8. The Labute approximate surface area is 93.9 Å². The van der Waals surface area contributed by atoms with Crippen molar-refractivity contribution in [3.05, 3.63) is 12.7 Å². The van der Waals surface area contributed by atoms with Gasteiger partial charge in [-0.3, -0.25) is 4.79 Å². The van der Waals surface area contributed by atoms with Gasteiger partial charge in [0.2, 0.25) is 5.91 Å². The van der Waals surface area contributed by atoms with Crippen LogP contribution in [-0.2, 0) is 4.79 Å². The Balaban J connectivity index is 4.13. The number of carbonyl (C=O) groups excluding carboxylic acids is 2. The molecule has 0 bridgehead atoms. The Bertz CT molecular complexity index is 233. The number of hydrogen-bond acceptors (Lipinski definition) is 3. The zero-order chi connectivity index (χ0) is 11.7. The number of urea groups is 1. The molecule has 15 heavy (non-hydrogen) atoms. The molecule has 0 unspecified atom stereocenters. The Kier molecular flexibility index (Phi) is 7.53. The van der Waals surface area contributed by atoms with Gasteiger partial charge in [-0.1, -0.05) is 6.08 Å². The van der Waals surface area contributed by atoms with Gasteiger partial charge in [-0.2, -0.15) is 11.8 Å². The van der Waals surface area contributed by atoms with Gasteiger partial charge in [0.1, 0.15) is 6.04 Å². The maximum Gasteiger partial charge on any atom is 0.312 e. The number of primary amides is 1. The smallest absolute Gasteiger partial charge is 0.312 e. The van der Waals surface area contributed by atoms with E-state index in [1.54, 1.807) is 17.8 Å². The van der Waals surface area contributed by atoms with E-state index < -0.39 is 12.1 Å². The second kappa shape index (κ2) is 8.16. The summed E-state index contributed by atoms with van der Waals surface area (Å²) in [6.45, 7) is 3.87. The normalized spacial score (nSPS) is 11.5. The van der Waals surface area contributed by atoms with Crippen LogP contribution in [0.25, 0.3) is 0 Å². The molecule has 5 nitrogen and oxygen atoms in total. The third-order valence-electron chi connectivity index (χ3n) is 1.66. The summed E-state index contributed by atoms with van der Waals surface area (Å²) in [5.41, 5.74) is 4.97. The largest absolute Gasteiger partial charge is 0.352 e. The standard InChI is InChI=1S/C9H17N3O2S/c1-3-5-11-8(13)7(4-6-15-2)12-9(10)14/h3,7H,1,4-6H2,2H3,(H,11,13)(H3,10,12,14)/t7-/m0/s1. The SMILES string of the molecule is C=CCNC(=O)[C@H](CCSC)NC(N)=O. The summed E-state index contributed by atoms with van der Waals surface area (Å²) in [4.78, 5) is 22.2. The zero-order valence-corrected chi connectivity index (χ0v) is 9.60. The summed E-state index contributed by atoms with van der Waals surface area (Å²) in [6, 6.07) is -1.25. The minimum atomic E-state index is -0.685. The van der Waals surface area contributed by atoms with Crippen molar-refractivity contribution < 1.29 is 9.59 Å². The monoisotopic (exact) mass is 231 g/mol. The van der Waals surface area contributed by atoms with Gasteiger partial charge in [0, 0.05) is 6.54 Å². The lowest BCUT2D eigenvalue weighted by Crippen LogP contribution is -2.48. The third kappa shape index (κ3) is 6.84. The lowest BCUT2D eigenvalue weighted by Gasteiger charge is -2.15. The fraction of sp³-hybridized carbons (Fsp3) is 0.556. The number of nitrogens with one attached hydrogen (secondary N) is 2. The van der Waals surface area contributed by atoms with E-state index in [9.17, 15) is 9.59 Å². The lowest BCUT2D eigenvalue weighted by molar-refractivity contribution is -0.122. The van der Waals surface area contributed by atoms with E-state index in [0.29, 0.717) is 13.0 Å². The van der Waals surface area contributed by atoms with Gasteiger partial charge in [0.25, 0.3) is 0 Å². The summed E-state index contributed by atoms with van der Waals surface area (Å²) in [5, 5.41) is 5.01. The second-order valence-corrected chi connectivity index (χ2v) is 3.86. The highest BCUT2D eigenvalue weighted by Crippen LogP contribution is 2.00. The molecule has 6 heteroatoms. The molecule has 0 saturated carbocycles. The molecule has 0 rings (SSSR count). The number of rotatable bonds is 7. The van der Waals surface area contributed by atoms with Gasteiger partial charge in [-0.05, 0) is 18.4 Å². The van der Waals surface area contributed by atoms with Crippen LogP contribution < -0.4 is 16.4 Å². The molecule has 0 aliphatic carbocycles. The maximum absolute atomic E-state index is 11.5. The summed E-state index contributed by atoms with van der Waals surface area (Å²) >= 11 is 1.61. The zero-order valence-electron chi connectivity index (χ0n) is 8.79. The number of thioether (sulfide) groups is 1. The van der Waals surface area contributed by atoms with E-state index in [-0.39, 0.29) is 5.91 Å². The van der Waals surface area contributed by atoms with E-state index >= 15 is 0 Å². The van der Waals surface area contributed by atoms with Crippen molar-refractivity contribution in [3.63, 3.8) is 0 Å². The van der Waals surface area contributed by atoms with Crippen molar-refractivity contribution in [2.45, 2.75) is 12.5 Å². The highest BCUT2D eigenvalue weighted by Gasteiger charge is 2.18. The molecule has 0 saturated heterocycles. The second-order valence-electron chi connectivity index (χ2n) is 2.88. The molecule has 1 atom stereocenters. The van der Waals surface area contributed by atoms with Crippen LogP contribution in [0.5, 0.6) is 0 Å². The van der Waals surface area contributed by atoms with E-state index in [0.717, 1.165) is 5.75 Å². The predicted octanol–water partition coefficient (Wildman–Crippen LogP) is 0.0786. The number of nitrogens with two attached hydrogens (primary N) is 1. The topological polar surface area (TPSA) is 84.2 Å². The Hall–Kier alpha value is -1.17. The predicted molar refractivity (Wildman–Crippen MR) is 62.7 cm³/mol. The summed E-state index contributed by atoms with van der Waals surface area (Å²) in [6.07, 6.45) is 4.07. The Morgan fingerprint density at radius 3 is 2.73 bits per heavy atom. The molecule has 0 aromatic heterocycles. The van der Waals surface area contributed by atoms with Gasteiger partial charge in [0.15, 0.2) is 0 Å². The van der Waals surface area contributed by atoms with E-state index in [2.05, 4.69) is 17.2 Å². The van der Waals surface area contributed by atoms with E-state index in [4.69, 9.17) is 5.73 Å². The molecule has 4 N–H and O–H groups in total. The maximum atomic E-state index is 11.5. The highest BCUT2D eigenvalue weighted by molar-refractivity contribution is 7.98. The van der Waals surface area contributed by atoms with E-state index in [1.807, 2.05) is 6.26 Å². The van der Waals surface area contributed by atoms with Crippen molar-refractivity contribution in [1.82, 2.24) is 10.6 Å². The molecule has 0 aliphatic heterocycles. The van der Waals surface area contributed by atoms with Gasteiger partial charge in [-0.25, -0.2) is 4.79 Å². The molecule has 0 spiro atoms. The van der Waals surface area contributed by atoms with Crippen LogP contribution in [0, 0.1) is 0 Å². The van der Waals surface area contributed by atoms with Crippen LogP contribution in [-0.4, -0.2) is 36.5 Å². The van der Waals surface area contributed by atoms with Crippen LogP contribution in [0.15, 0.2) is 12.7 Å². The quantitative estimate of drug-likeness (QED) is 0.542. The van der Waals surface area contributed by atoms with Crippen LogP contribution >= 0.6 is 11.8 Å². The Morgan fingerprint density at radius 1 is 1.60 bits per heavy atom.